The van der Waals surface area contributed by atoms with E-state index in [1.807, 2.05) is 42.5 Å². The summed E-state index contributed by atoms with van der Waals surface area (Å²) in [7, 11) is 0. The summed E-state index contributed by atoms with van der Waals surface area (Å²) < 4.78 is 0. The lowest BCUT2D eigenvalue weighted by atomic mass is 9.82. The minimum Gasteiger partial charge on any atom is -0.386 e. The Kier molecular flexibility index (Phi) is 10.3. The van der Waals surface area contributed by atoms with Gasteiger partial charge in [-0.25, -0.2) is 0 Å². The summed E-state index contributed by atoms with van der Waals surface area (Å²) >= 11 is 0. The molecule has 4 rings (SSSR count). The van der Waals surface area contributed by atoms with Crippen LogP contribution >= 0.6 is 0 Å². The van der Waals surface area contributed by atoms with Crippen molar-refractivity contribution < 1.29 is 9.59 Å². The Bertz CT molecular complexity index is 1160. The minimum absolute atomic E-state index is 0.00130. The number of carbonyl (C=O) groups is 2. The van der Waals surface area contributed by atoms with Crippen molar-refractivity contribution in [2.45, 2.75) is 69.4 Å². The van der Waals surface area contributed by atoms with Gasteiger partial charge in [-0.1, -0.05) is 73.9 Å². The second-order valence-corrected chi connectivity index (χ2v) is 11.2. The van der Waals surface area contributed by atoms with Crippen LogP contribution in [0.1, 0.15) is 67.6 Å². The lowest BCUT2D eigenvalue weighted by Crippen LogP contribution is -2.58. The summed E-state index contributed by atoms with van der Waals surface area (Å²) in [6.07, 6.45) is 7.05. The van der Waals surface area contributed by atoms with Gasteiger partial charge in [-0.15, -0.1) is 0 Å². The standard InChI is InChI=1S/C31H43N7O2/c32-28(33)24-13-11-20(12-14-24)19-25(21-7-3-1-4-8-21)30(39)38-27(22-9-5-2-6-10-22)31(40)37-26(29(34)35)23-15-17-36-18-16-23/h1,3-4,7-8,11-14,22-23,25-27,36H,2,5-6,9-10,15-19H2,(H3,32,33)(H3,34,35)(H,37,40)(H,38,39). The van der Waals surface area contributed by atoms with Crippen LogP contribution in [0.2, 0.25) is 0 Å². The fraction of sp³-hybridized carbons (Fsp3) is 0.484. The summed E-state index contributed by atoms with van der Waals surface area (Å²) in [5, 5.41) is 25.4. The molecule has 214 valence electrons. The van der Waals surface area contributed by atoms with Crippen LogP contribution in [0, 0.1) is 22.7 Å². The van der Waals surface area contributed by atoms with Crippen LogP contribution in [0.4, 0.5) is 0 Å². The van der Waals surface area contributed by atoms with E-state index in [-0.39, 0.29) is 35.3 Å². The van der Waals surface area contributed by atoms with Crippen LogP contribution in [-0.4, -0.2) is 48.7 Å². The number of carbonyl (C=O) groups excluding carboxylic acids is 2. The number of rotatable bonds is 11. The normalized spacial score (nSPS) is 18.7. The number of hydrogen-bond donors (Lipinski definition) is 7. The Hall–Kier alpha value is -3.72. The molecule has 9 N–H and O–H groups in total. The number of benzene rings is 2. The van der Waals surface area contributed by atoms with Crippen LogP contribution < -0.4 is 27.4 Å². The third-order valence-corrected chi connectivity index (χ3v) is 8.41. The molecule has 2 aromatic carbocycles. The molecule has 3 unspecified atom stereocenters. The zero-order chi connectivity index (χ0) is 28.5. The molecule has 40 heavy (non-hydrogen) atoms. The average Bonchev–Trinajstić information content (AvgIpc) is 2.98. The fourth-order valence-electron chi connectivity index (χ4n) is 6.09. The first-order valence-corrected chi connectivity index (χ1v) is 14.5. The van der Waals surface area contributed by atoms with E-state index < -0.39 is 18.0 Å². The smallest absolute Gasteiger partial charge is 0.243 e. The van der Waals surface area contributed by atoms with Crippen molar-refractivity contribution in [3.05, 3.63) is 71.3 Å². The first-order valence-electron chi connectivity index (χ1n) is 14.5. The van der Waals surface area contributed by atoms with Crippen molar-refractivity contribution in [3.8, 4) is 0 Å². The summed E-state index contributed by atoms with van der Waals surface area (Å²) in [5.41, 5.74) is 14.0. The maximum absolute atomic E-state index is 14.0. The molecule has 1 aliphatic carbocycles. The van der Waals surface area contributed by atoms with Crippen molar-refractivity contribution in [1.82, 2.24) is 16.0 Å². The van der Waals surface area contributed by atoms with Crippen LogP contribution in [0.15, 0.2) is 54.6 Å². The van der Waals surface area contributed by atoms with E-state index in [2.05, 4.69) is 16.0 Å². The summed E-state index contributed by atoms with van der Waals surface area (Å²) in [6.45, 7) is 1.67. The Morgan fingerprint density at radius 2 is 1.40 bits per heavy atom. The number of nitrogen functional groups attached to an aromatic ring is 1. The Balaban J connectivity index is 1.56. The lowest BCUT2D eigenvalue weighted by Gasteiger charge is -2.35. The van der Waals surface area contributed by atoms with E-state index in [1.165, 1.54) is 0 Å². The quantitative estimate of drug-likeness (QED) is 0.170. The number of nitrogens with two attached hydrogens (primary N) is 2. The fourth-order valence-corrected chi connectivity index (χ4v) is 6.09. The van der Waals surface area contributed by atoms with Gasteiger partial charge < -0.3 is 27.4 Å². The number of amidine groups is 2. The summed E-state index contributed by atoms with van der Waals surface area (Å²) in [5.74, 6) is -0.865. The number of piperidine rings is 1. The van der Waals surface area contributed by atoms with Crippen molar-refractivity contribution in [2.75, 3.05) is 13.1 Å². The molecule has 1 aliphatic heterocycles. The van der Waals surface area contributed by atoms with Crippen LogP contribution in [0.25, 0.3) is 0 Å². The molecule has 0 radical (unpaired) electrons. The summed E-state index contributed by atoms with van der Waals surface area (Å²) in [4.78, 5) is 27.8. The Labute approximate surface area is 236 Å². The van der Waals surface area contributed by atoms with Gasteiger partial charge >= 0.3 is 0 Å². The van der Waals surface area contributed by atoms with Gasteiger partial charge in [-0.3, -0.25) is 20.4 Å². The molecule has 2 aromatic rings. The van der Waals surface area contributed by atoms with Gasteiger partial charge in [0.15, 0.2) is 0 Å². The highest BCUT2D eigenvalue weighted by atomic mass is 16.2. The lowest BCUT2D eigenvalue weighted by molar-refractivity contribution is -0.131. The van der Waals surface area contributed by atoms with Crippen molar-refractivity contribution in [1.29, 1.82) is 10.8 Å². The molecule has 0 aromatic heterocycles. The van der Waals surface area contributed by atoms with Crippen molar-refractivity contribution in [3.63, 3.8) is 0 Å². The van der Waals surface area contributed by atoms with Gasteiger partial charge in [0.25, 0.3) is 0 Å². The van der Waals surface area contributed by atoms with E-state index in [0.29, 0.717) is 12.0 Å². The predicted octanol–water partition coefficient (Wildman–Crippen LogP) is 2.78. The maximum Gasteiger partial charge on any atom is 0.243 e. The van der Waals surface area contributed by atoms with E-state index in [1.54, 1.807) is 12.1 Å². The van der Waals surface area contributed by atoms with E-state index in [0.717, 1.165) is 69.2 Å². The molecule has 9 heteroatoms. The van der Waals surface area contributed by atoms with Gasteiger partial charge in [0.1, 0.15) is 17.7 Å². The van der Waals surface area contributed by atoms with Gasteiger partial charge in [-0.2, -0.15) is 0 Å². The second kappa shape index (κ2) is 14.1. The first kappa shape index (κ1) is 29.3. The monoisotopic (exact) mass is 545 g/mol. The number of hydrogen-bond acceptors (Lipinski definition) is 5. The molecule has 1 heterocycles. The highest BCUT2D eigenvalue weighted by Crippen LogP contribution is 2.29. The number of amides is 2. The van der Waals surface area contributed by atoms with Gasteiger partial charge in [0.2, 0.25) is 11.8 Å². The molecule has 9 nitrogen and oxygen atoms in total. The largest absolute Gasteiger partial charge is 0.386 e. The molecule has 0 bridgehead atoms. The van der Waals surface area contributed by atoms with Crippen LogP contribution in [0.5, 0.6) is 0 Å². The van der Waals surface area contributed by atoms with E-state index >= 15 is 0 Å². The zero-order valence-electron chi connectivity index (χ0n) is 23.1. The molecule has 2 fully saturated rings. The molecule has 1 saturated heterocycles. The topological polar surface area (TPSA) is 170 Å². The van der Waals surface area contributed by atoms with Crippen molar-refractivity contribution in [2.24, 2.45) is 23.3 Å². The van der Waals surface area contributed by atoms with Gasteiger partial charge in [0, 0.05) is 5.56 Å². The van der Waals surface area contributed by atoms with Crippen LogP contribution in [-0.2, 0) is 16.0 Å². The van der Waals surface area contributed by atoms with E-state index in [9.17, 15) is 9.59 Å². The Morgan fingerprint density at radius 1 is 0.800 bits per heavy atom. The average molecular weight is 546 g/mol. The molecule has 0 spiro atoms. The zero-order valence-corrected chi connectivity index (χ0v) is 23.1. The van der Waals surface area contributed by atoms with Crippen molar-refractivity contribution >= 4 is 23.5 Å². The third kappa shape index (κ3) is 7.69. The van der Waals surface area contributed by atoms with E-state index in [4.69, 9.17) is 22.3 Å². The second-order valence-electron chi connectivity index (χ2n) is 11.2. The summed E-state index contributed by atoms with van der Waals surface area (Å²) in [6, 6.07) is 15.7. The molecular formula is C31H43N7O2. The Morgan fingerprint density at radius 3 is 2.00 bits per heavy atom. The first-order chi connectivity index (χ1) is 19.3. The van der Waals surface area contributed by atoms with Gasteiger partial charge in [0.05, 0.1) is 12.0 Å². The molecular weight excluding hydrogens is 502 g/mol. The van der Waals surface area contributed by atoms with Crippen LogP contribution in [0.3, 0.4) is 0 Å². The highest BCUT2D eigenvalue weighted by Gasteiger charge is 2.36. The minimum atomic E-state index is -0.692. The molecule has 2 aliphatic rings. The number of nitrogens with one attached hydrogen (secondary N) is 5. The third-order valence-electron chi connectivity index (χ3n) is 8.41. The SMILES string of the molecule is N=C(N)c1ccc(CC(C(=O)NC(C(=O)NC(C(=N)N)C2CCNCC2)C2CCCCC2)c2ccccc2)cc1. The highest BCUT2D eigenvalue weighted by molar-refractivity contribution is 5.95. The predicted molar refractivity (Wildman–Crippen MR) is 158 cm³/mol. The molecule has 1 saturated carbocycles. The molecule has 2 amide bonds. The van der Waals surface area contributed by atoms with Gasteiger partial charge in [-0.05, 0) is 68.2 Å². The molecule has 3 atom stereocenters. The maximum atomic E-state index is 14.0.